The van der Waals surface area contributed by atoms with Crippen LogP contribution in [-0.2, 0) is 6.42 Å². The van der Waals surface area contributed by atoms with Crippen LogP contribution in [0.3, 0.4) is 0 Å². The largest absolute Gasteiger partial charge is 0.486 e. The summed E-state index contributed by atoms with van der Waals surface area (Å²) in [4.78, 5) is 0. The number of nitrogens with zero attached hydrogens (tertiary/aromatic N) is 1. The summed E-state index contributed by atoms with van der Waals surface area (Å²) in [5.74, 6) is 1.57. The van der Waals surface area contributed by atoms with Crippen LogP contribution in [-0.4, -0.2) is 30.0 Å². The van der Waals surface area contributed by atoms with Gasteiger partial charge < -0.3 is 15.2 Å². The molecule has 0 aliphatic carbocycles. The predicted octanol–water partition coefficient (Wildman–Crippen LogP) is 1.66. The van der Waals surface area contributed by atoms with E-state index in [-0.39, 0.29) is 0 Å². The smallest absolute Gasteiger partial charge is 0.162 e. The highest BCUT2D eigenvalue weighted by Gasteiger charge is 2.16. The maximum absolute atomic E-state index is 5.66. The Kier molecular flexibility index (Phi) is 3.13. The van der Waals surface area contributed by atoms with Crippen LogP contribution in [0.15, 0.2) is 18.2 Å². The molecule has 0 fully saturated rings. The Balaban J connectivity index is 2.02. The molecule has 0 spiro atoms. The van der Waals surface area contributed by atoms with Gasteiger partial charge in [0.1, 0.15) is 13.2 Å². The summed E-state index contributed by atoms with van der Waals surface area (Å²) in [6.45, 7) is 3.81. The molecule has 19 heavy (non-hydrogen) atoms. The maximum atomic E-state index is 5.66. The van der Waals surface area contributed by atoms with Crippen molar-refractivity contribution in [3.8, 4) is 22.8 Å². The Morgan fingerprint density at radius 3 is 2.84 bits per heavy atom. The van der Waals surface area contributed by atoms with Crippen LogP contribution in [0.1, 0.15) is 11.3 Å². The Morgan fingerprint density at radius 1 is 1.26 bits per heavy atom. The normalized spacial score (nSPS) is 13.6. The van der Waals surface area contributed by atoms with Crippen LogP contribution in [0, 0.1) is 6.92 Å². The Labute approximate surface area is 111 Å². The minimum absolute atomic E-state index is 0.589. The highest BCUT2D eigenvalue weighted by Crippen LogP contribution is 2.35. The molecule has 3 N–H and O–H groups in total. The van der Waals surface area contributed by atoms with Crippen molar-refractivity contribution in [1.82, 2.24) is 10.2 Å². The van der Waals surface area contributed by atoms with Crippen molar-refractivity contribution in [1.29, 1.82) is 0 Å². The predicted molar refractivity (Wildman–Crippen MR) is 72.5 cm³/mol. The first-order chi connectivity index (χ1) is 9.29. The van der Waals surface area contributed by atoms with Crippen molar-refractivity contribution in [3.05, 3.63) is 29.5 Å². The molecule has 0 radical (unpaired) electrons. The van der Waals surface area contributed by atoms with E-state index in [0.29, 0.717) is 19.8 Å². The summed E-state index contributed by atoms with van der Waals surface area (Å²) in [6.07, 6.45) is 0.812. The molecule has 0 amide bonds. The number of nitrogens with two attached hydrogens (primary N) is 1. The summed E-state index contributed by atoms with van der Waals surface area (Å²) in [6, 6.07) is 5.91. The van der Waals surface area contributed by atoms with Crippen molar-refractivity contribution in [2.45, 2.75) is 13.3 Å². The average Bonchev–Trinajstić information content (AvgIpc) is 2.80. The summed E-state index contributed by atoms with van der Waals surface area (Å²) >= 11 is 0. The van der Waals surface area contributed by atoms with Crippen LogP contribution < -0.4 is 15.2 Å². The van der Waals surface area contributed by atoms with E-state index in [4.69, 9.17) is 15.2 Å². The van der Waals surface area contributed by atoms with Gasteiger partial charge in [-0.1, -0.05) is 0 Å². The van der Waals surface area contributed by atoms with Crippen molar-refractivity contribution in [3.63, 3.8) is 0 Å². The van der Waals surface area contributed by atoms with Gasteiger partial charge in [0.2, 0.25) is 0 Å². The van der Waals surface area contributed by atoms with E-state index in [2.05, 4.69) is 10.2 Å². The number of hydrogen-bond acceptors (Lipinski definition) is 4. The van der Waals surface area contributed by atoms with Gasteiger partial charge >= 0.3 is 0 Å². The highest BCUT2D eigenvalue weighted by atomic mass is 16.6. The van der Waals surface area contributed by atoms with Gasteiger partial charge in [-0.05, 0) is 38.1 Å². The lowest BCUT2D eigenvalue weighted by Gasteiger charge is -2.18. The number of ether oxygens (including phenoxy) is 2. The van der Waals surface area contributed by atoms with Gasteiger partial charge in [-0.15, -0.1) is 0 Å². The molecule has 1 aromatic heterocycles. The molecule has 100 valence electrons. The van der Waals surface area contributed by atoms with E-state index in [1.54, 1.807) is 0 Å². The third-order valence-electron chi connectivity index (χ3n) is 3.28. The summed E-state index contributed by atoms with van der Waals surface area (Å²) in [7, 11) is 0. The van der Waals surface area contributed by atoms with Crippen molar-refractivity contribution < 1.29 is 9.47 Å². The molecule has 5 nitrogen and oxygen atoms in total. The maximum Gasteiger partial charge on any atom is 0.162 e. The SMILES string of the molecule is Cc1[nH]nc(-c2ccc3c(c2)OCCO3)c1CCN. The second-order valence-electron chi connectivity index (χ2n) is 4.57. The van der Waals surface area contributed by atoms with Crippen molar-refractivity contribution in [2.75, 3.05) is 19.8 Å². The first-order valence-corrected chi connectivity index (χ1v) is 6.43. The fraction of sp³-hybridized carbons (Fsp3) is 0.357. The van der Waals surface area contributed by atoms with E-state index in [9.17, 15) is 0 Å². The molecular formula is C14H17N3O2. The van der Waals surface area contributed by atoms with E-state index in [1.807, 2.05) is 25.1 Å². The fourth-order valence-electron chi connectivity index (χ4n) is 2.33. The molecule has 5 heteroatoms. The topological polar surface area (TPSA) is 73.2 Å². The standard InChI is InChI=1S/C14H17N3O2/c1-9-11(4-5-15)14(17-16-9)10-2-3-12-13(8-10)19-7-6-18-12/h2-3,8H,4-7,15H2,1H3,(H,16,17). The zero-order valence-corrected chi connectivity index (χ0v) is 10.9. The molecule has 0 atom stereocenters. The lowest BCUT2D eigenvalue weighted by atomic mass is 10.0. The van der Waals surface area contributed by atoms with Crippen LogP contribution in [0.5, 0.6) is 11.5 Å². The molecule has 0 unspecified atom stereocenters. The summed E-state index contributed by atoms with van der Waals surface area (Å²) in [5.41, 5.74) is 9.86. The molecule has 1 aliphatic heterocycles. The number of hydrogen-bond donors (Lipinski definition) is 2. The monoisotopic (exact) mass is 259 g/mol. The molecule has 3 rings (SSSR count). The summed E-state index contributed by atoms with van der Waals surface area (Å²) < 4.78 is 11.1. The lowest BCUT2D eigenvalue weighted by Crippen LogP contribution is -2.15. The van der Waals surface area contributed by atoms with Crippen molar-refractivity contribution >= 4 is 0 Å². The van der Waals surface area contributed by atoms with E-state index in [0.717, 1.165) is 34.9 Å². The molecule has 0 saturated heterocycles. The highest BCUT2D eigenvalue weighted by molar-refractivity contribution is 5.67. The van der Waals surface area contributed by atoms with Crippen LogP contribution in [0.25, 0.3) is 11.3 Å². The quantitative estimate of drug-likeness (QED) is 0.879. The first-order valence-electron chi connectivity index (χ1n) is 6.43. The zero-order chi connectivity index (χ0) is 13.2. The Bertz CT molecular complexity index is 592. The Hall–Kier alpha value is -2.01. The number of benzene rings is 1. The second-order valence-corrected chi connectivity index (χ2v) is 4.57. The molecule has 1 aromatic carbocycles. The number of fused-ring (bicyclic) bond motifs is 1. The van der Waals surface area contributed by atoms with Gasteiger partial charge in [0.05, 0.1) is 5.69 Å². The van der Waals surface area contributed by atoms with Gasteiger partial charge in [0, 0.05) is 16.8 Å². The molecule has 0 saturated carbocycles. The second kappa shape index (κ2) is 4.93. The number of rotatable bonds is 3. The van der Waals surface area contributed by atoms with Gasteiger partial charge in [-0.3, -0.25) is 5.10 Å². The molecule has 0 bridgehead atoms. The average molecular weight is 259 g/mol. The van der Waals surface area contributed by atoms with Crippen LogP contribution in [0.4, 0.5) is 0 Å². The fourth-order valence-corrected chi connectivity index (χ4v) is 2.33. The number of aryl methyl sites for hydroxylation is 1. The van der Waals surface area contributed by atoms with E-state index in [1.165, 1.54) is 5.56 Å². The van der Waals surface area contributed by atoms with Crippen LogP contribution in [0.2, 0.25) is 0 Å². The number of aromatic amines is 1. The van der Waals surface area contributed by atoms with Crippen molar-refractivity contribution in [2.24, 2.45) is 5.73 Å². The summed E-state index contributed by atoms with van der Waals surface area (Å²) in [5, 5.41) is 7.40. The van der Waals surface area contributed by atoms with Gasteiger partial charge in [0.25, 0.3) is 0 Å². The molecule has 2 aromatic rings. The number of aromatic nitrogens is 2. The van der Waals surface area contributed by atoms with Gasteiger partial charge in [-0.25, -0.2) is 0 Å². The Morgan fingerprint density at radius 2 is 2.05 bits per heavy atom. The molecule has 2 heterocycles. The lowest BCUT2D eigenvalue weighted by molar-refractivity contribution is 0.171. The van der Waals surface area contributed by atoms with E-state index >= 15 is 0 Å². The van der Waals surface area contributed by atoms with Gasteiger partial charge in [-0.2, -0.15) is 5.10 Å². The third kappa shape index (κ3) is 2.17. The first kappa shape index (κ1) is 12.0. The minimum atomic E-state index is 0.589. The van der Waals surface area contributed by atoms with E-state index < -0.39 is 0 Å². The zero-order valence-electron chi connectivity index (χ0n) is 10.9. The van der Waals surface area contributed by atoms with Crippen LogP contribution >= 0.6 is 0 Å². The molecular weight excluding hydrogens is 242 g/mol. The number of nitrogens with one attached hydrogen (secondary N) is 1. The number of H-pyrrole nitrogens is 1. The molecule has 1 aliphatic rings. The van der Waals surface area contributed by atoms with Gasteiger partial charge in [0.15, 0.2) is 11.5 Å². The minimum Gasteiger partial charge on any atom is -0.486 e. The third-order valence-corrected chi connectivity index (χ3v) is 3.28.